The summed E-state index contributed by atoms with van der Waals surface area (Å²) < 4.78 is 0. The molecule has 12 heteroatoms. The number of para-hydroxylation sites is 1. The molecule has 1 atom stereocenters. The van der Waals surface area contributed by atoms with E-state index in [4.69, 9.17) is 10.8 Å². The lowest BCUT2D eigenvalue weighted by molar-refractivity contribution is -0.384. The molecule has 170 valence electrons. The van der Waals surface area contributed by atoms with Gasteiger partial charge in [0.25, 0.3) is 11.2 Å². The summed E-state index contributed by atoms with van der Waals surface area (Å²) in [6.45, 7) is 1.23. The predicted octanol–water partition coefficient (Wildman–Crippen LogP) is 1.94. The Morgan fingerprint density at radius 1 is 1.30 bits per heavy atom. The molecular weight excluding hydrogens is 432 g/mol. The molecule has 0 radical (unpaired) electrons. The molecule has 1 saturated heterocycles. The second kappa shape index (κ2) is 8.57. The lowest BCUT2D eigenvalue weighted by Gasteiger charge is -2.24. The van der Waals surface area contributed by atoms with Crippen LogP contribution in [0.1, 0.15) is 16.9 Å². The smallest absolute Gasteiger partial charge is 0.360 e. The number of nitro benzene ring substituents is 1. The number of fused-ring (bicyclic) bond motifs is 1. The first-order chi connectivity index (χ1) is 15.7. The van der Waals surface area contributed by atoms with E-state index in [9.17, 15) is 24.5 Å². The van der Waals surface area contributed by atoms with Crippen molar-refractivity contribution in [2.24, 2.45) is 11.7 Å². The number of nitro groups is 1. The summed E-state index contributed by atoms with van der Waals surface area (Å²) in [5, 5.41) is 20.9. The van der Waals surface area contributed by atoms with Gasteiger partial charge in [-0.25, -0.2) is 14.6 Å². The molecule has 1 unspecified atom stereocenters. The van der Waals surface area contributed by atoms with Gasteiger partial charge in [0, 0.05) is 31.4 Å². The van der Waals surface area contributed by atoms with Crippen molar-refractivity contribution in [3.63, 3.8) is 0 Å². The van der Waals surface area contributed by atoms with Crippen LogP contribution in [-0.4, -0.2) is 51.6 Å². The van der Waals surface area contributed by atoms with E-state index in [1.165, 1.54) is 17.0 Å². The zero-order valence-electron chi connectivity index (χ0n) is 17.3. The summed E-state index contributed by atoms with van der Waals surface area (Å²) in [5.41, 5.74) is 4.81. The maximum Gasteiger partial charge on any atom is 0.360 e. The Bertz CT molecular complexity index is 1310. The second-order valence-corrected chi connectivity index (χ2v) is 7.72. The number of aromatic amines is 1. The fourth-order valence-corrected chi connectivity index (χ4v) is 4.04. The third-order valence-electron chi connectivity index (χ3n) is 5.59. The van der Waals surface area contributed by atoms with E-state index in [1.54, 1.807) is 29.2 Å². The molecule has 4 rings (SSSR count). The minimum Gasteiger partial charge on any atom is -0.476 e. The second-order valence-electron chi connectivity index (χ2n) is 7.72. The van der Waals surface area contributed by atoms with Crippen LogP contribution in [0.5, 0.6) is 0 Å². The minimum absolute atomic E-state index is 0.00822. The van der Waals surface area contributed by atoms with Gasteiger partial charge in [-0.05, 0) is 30.5 Å². The van der Waals surface area contributed by atoms with Gasteiger partial charge in [0.1, 0.15) is 5.69 Å². The SMILES string of the molecule is NC(=O)N(CC1CCN(c2cc3nc(C(=O)O)c(=O)[nH]c3cc2[N+](=O)[O-])C1)c1ccccc1. The zero-order chi connectivity index (χ0) is 23.7. The van der Waals surface area contributed by atoms with Crippen LogP contribution < -0.4 is 21.1 Å². The van der Waals surface area contributed by atoms with Crippen molar-refractivity contribution in [3.05, 3.63) is 68.6 Å². The van der Waals surface area contributed by atoms with Crippen LogP contribution >= 0.6 is 0 Å². The van der Waals surface area contributed by atoms with Crippen LogP contribution in [0, 0.1) is 16.0 Å². The number of aromatic nitrogens is 2. The number of carboxylic acid groups (broad SMARTS) is 1. The minimum atomic E-state index is -1.49. The van der Waals surface area contributed by atoms with E-state index in [0.717, 1.165) is 0 Å². The zero-order valence-corrected chi connectivity index (χ0v) is 17.3. The molecule has 1 aliphatic heterocycles. The highest BCUT2D eigenvalue weighted by atomic mass is 16.6. The number of rotatable bonds is 6. The molecule has 1 aliphatic rings. The number of nitrogens with two attached hydrogens (primary N) is 1. The number of nitrogens with zero attached hydrogens (tertiary/aromatic N) is 4. The number of primary amides is 1. The van der Waals surface area contributed by atoms with Crippen molar-refractivity contribution >= 4 is 40.1 Å². The number of H-pyrrole nitrogens is 1. The van der Waals surface area contributed by atoms with Gasteiger partial charge < -0.3 is 20.7 Å². The van der Waals surface area contributed by atoms with Crippen molar-refractivity contribution in [1.82, 2.24) is 9.97 Å². The van der Waals surface area contributed by atoms with Gasteiger partial charge in [0.2, 0.25) is 5.69 Å². The number of nitrogens with one attached hydrogen (secondary N) is 1. The Balaban J connectivity index is 1.64. The van der Waals surface area contributed by atoms with E-state index < -0.39 is 28.2 Å². The molecule has 2 amide bonds. The first-order valence-corrected chi connectivity index (χ1v) is 10.1. The Kier molecular flexibility index (Phi) is 5.65. The van der Waals surface area contributed by atoms with Crippen LogP contribution in [0.15, 0.2) is 47.3 Å². The van der Waals surface area contributed by atoms with Crippen LogP contribution in [0.4, 0.5) is 21.9 Å². The first-order valence-electron chi connectivity index (χ1n) is 10.1. The highest BCUT2D eigenvalue weighted by Gasteiger charge is 2.31. The first kappa shape index (κ1) is 21.7. The molecule has 1 fully saturated rings. The molecule has 2 heterocycles. The third kappa shape index (κ3) is 4.31. The number of anilines is 2. The molecule has 1 aromatic heterocycles. The highest BCUT2D eigenvalue weighted by Crippen LogP contribution is 2.35. The lowest BCUT2D eigenvalue weighted by atomic mass is 10.1. The lowest BCUT2D eigenvalue weighted by Crippen LogP contribution is -2.40. The number of carbonyl (C=O) groups excluding carboxylic acids is 1. The molecule has 4 N–H and O–H groups in total. The average molecular weight is 452 g/mol. The Morgan fingerprint density at radius 2 is 2.03 bits per heavy atom. The fourth-order valence-electron chi connectivity index (χ4n) is 4.04. The summed E-state index contributed by atoms with van der Waals surface area (Å²) in [7, 11) is 0. The van der Waals surface area contributed by atoms with Crippen LogP contribution in [0.25, 0.3) is 11.0 Å². The van der Waals surface area contributed by atoms with E-state index in [2.05, 4.69) is 9.97 Å². The van der Waals surface area contributed by atoms with Gasteiger partial charge in [-0.15, -0.1) is 0 Å². The summed E-state index contributed by atoms with van der Waals surface area (Å²) in [6, 6.07) is 11.0. The summed E-state index contributed by atoms with van der Waals surface area (Å²) >= 11 is 0. The van der Waals surface area contributed by atoms with E-state index in [1.807, 2.05) is 6.07 Å². The highest BCUT2D eigenvalue weighted by molar-refractivity contribution is 5.91. The van der Waals surface area contributed by atoms with Crippen LogP contribution in [-0.2, 0) is 0 Å². The average Bonchev–Trinajstić information content (AvgIpc) is 3.25. The number of urea groups is 1. The number of amides is 2. The molecule has 33 heavy (non-hydrogen) atoms. The Labute approximate surface area is 186 Å². The number of aromatic carboxylic acids is 1. The monoisotopic (exact) mass is 452 g/mol. The van der Waals surface area contributed by atoms with Gasteiger partial charge in [0.15, 0.2) is 0 Å². The standard InChI is InChI=1S/C21H20N6O6/c22-21(31)26(13-4-2-1-3-5-13)11-12-6-7-25(10-12)16-8-14-15(9-17(16)27(32)33)24-19(28)18(23-14)20(29)30/h1-5,8-9,12H,6-7,10-11H2,(H2,22,31)(H,24,28)(H,29,30). The molecular formula is C21H20N6O6. The Morgan fingerprint density at radius 3 is 2.67 bits per heavy atom. The number of carbonyl (C=O) groups is 2. The van der Waals surface area contributed by atoms with Crippen molar-refractivity contribution in [1.29, 1.82) is 0 Å². The van der Waals surface area contributed by atoms with Crippen LogP contribution in [0.3, 0.4) is 0 Å². The predicted molar refractivity (Wildman–Crippen MR) is 120 cm³/mol. The molecule has 3 aromatic rings. The van der Waals surface area contributed by atoms with Crippen molar-refractivity contribution in [2.45, 2.75) is 6.42 Å². The summed E-state index contributed by atoms with van der Waals surface area (Å²) in [5.74, 6) is -1.50. The normalized spacial score (nSPS) is 15.5. The molecule has 0 spiro atoms. The molecule has 2 aromatic carbocycles. The van der Waals surface area contributed by atoms with Crippen molar-refractivity contribution in [3.8, 4) is 0 Å². The van der Waals surface area contributed by atoms with Gasteiger partial charge >= 0.3 is 12.0 Å². The van der Waals surface area contributed by atoms with Gasteiger partial charge in [-0.3, -0.25) is 19.8 Å². The molecule has 0 bridgehead atoms. The van der Waals surface area contributed by atoms with Crippen molar-refractivity contribution < 1.29 is 19.6 Å². The Hall–Kier alpha value is -4.48. The number of carboxylic acids is 1. The van der Waals surface area contributed by atoms with Crippen molar-refractivity contribution in [2.75, 3.05) is 29.4 Å². The topological polar surface area (TPSA) is 176 Å². The number of hydrogen-bond donors (Lipinski definition) is 3. The van der Waals surface area contributed by atoms with Gasteiger partial charge in [0.05, 0.1) is 16.0 Å². The third-order valence-corrected chi connectivity index (χ3v) is 5.59. The van der Waals surface area contributed by atoms with Crippen LogP contribution in [0.2, 0.25) is 0 Å². The molecule has 12 nitrogen and oxygen atoms in total. The maximum atomic E-state index is 12.0. The van der Waals surface area contributed by atoms with Gasteiger partial charge in [-0.1, -0.05) is 18.2 Å². The largest absolute Gasteiger partial charge is 0.476 e. The maximum absolute atomic E-state index is 12.0. The van der Waals surface area contributed by atoms with E-state index >= 15 is 0 Å². The number of hydrogen-bond acceptors (Lipinski definition) is 7. The fraction of sp³-hybridized carbons (Fsp3) is 0.238. The molecule has 0 saturated carbocycles. The summed E-state index contributed by atoms with van der Waals surface area (Å²) in [4.78, 5) is 55.8. The molecule has 0 aliphatic carbocycles. The summed E-state index contributed by atoms with van der Waals surface area (Å²) in [6.07, 6.45) is 0.658. The number of benzene rings is 2. The van der Waals surface area contributed by atoms with E-state index in [0.29, 0.717) is 31.7 Å². The van der Waals surface area contributed by atoms with E-state index in [-0.39, 0.29) is 28.3 Å². The quantitative estimate of drug-likeness (QED) is 0.375. The van der Waals surface area contributed by atoms with Gasteiger partial charge in [-0.2, -0.15) is 0 Å².